The van der Waals surface area contributed by atoms with Crippen molar-refractivity contribution in [2.45, 2.75) is 44.3 Å². The fraction of sp³-hybridized carbons (Fsp3) is 0.500. The van der Waals surface area contributed by atoms with Crippen molar-refractivity contribution in [3.05, 3.63) is 53.7 Å². The Hall–Kier alpha value is -1.53. The zero-order chi connectivity index (χ0) is 18.5. The van der Waals surface area contributed by atoms with Crippen molar-refractivity contribution in [3.8, 4) is 5.88 Å². The van der Waals surface area contributed by atoms with Crippen LogP contribution in [0.25, 0.3) is 0 Å². The number of halogens is 2. The Morgan fingerprint density at radius 3 is 2.62 bits per heavy atom. The van der Waals surface area contributed by atoms with Gasteiger partial charge in [0, 0.05) is 37.3 Å². The molecule has 2 saturated heterocycles. The summed E-state index contributed by atoms with van der Waals surface area (Å²) in [6.45, 7) is 4.07. The molecule has 0 radical (unpaired) electrons. The van der Waals surface area contributed by atoms with Crippen molar-refractivity contribution >= 4 is 30.5 Å². The first-order chi connectivity index (χ1) is 13.3. The largest absolute Gasteiger partial charge is 0.481 e. The lowest BCUT2D eigenvalue weighted by Crippen LogP contribution is -2.34. The van der Waals surface area contributed by atoms with Gasteiger partial charge in [-0.15, -0.1) is 24.8 Å². The zero-order valence-electron chi connectivity index (χ0n) is 17.0. The standard InChI is InChI=1S/C22H30N4O.2ClH/c1-27-22-18(14-19(16-25-22)26-12-6-3-7-13-26)15-24-20-10-11-23-21(20)17-8-4-2-5-9-17;;/h2,4-5,8-9,14,16,20-21,23-24H,3,6-7,10-13,15H2,1H3;2*1H/t20-,21-;;/m1../s1. The van der Waals surface area contributed by atoms with Crippen LogP contribution >= 0.6 is 24.8 Å². The predicted octanol–water partition coefficient (Wildman–Crippen LogP) is 4.12. The fourth-order valence-electron chi connectivity index (χ4n) is 4.30. The van der Waals surface area contributed by atoms with Crippen LogP contribution in [0.15, 0.2) is 42.6 Å². The van der Waals surface area contributed by atoms with Gasteiger partial charge >= 0.3 is 0 Å². The Kier molecular flexibility index (Phi) is 9.50. The van der Waals surface area contributed by atoms with E-state index in [1.165, 1.54) is 30.5 Å². The van der Waals surface area contributed by atoms with Gasteiger partial charge in [0.05, 0.1) is 19.0 Å². The molecule has 3 heterocycles. The average molecular weight is 439 g/mol. The van der Waals surface area contributed by atoms with Gasteiger partial charge in [-0.2, -0.15) is 0 Å². The van der Waals surface area contributed by atoms with Crippen molar-refractivity contribution in [2.75, 3.05) is 31.6 Å². The lowest BCUT2D eigenvalue weighted by Gasteiger charge is -2.29. The van der Waals surface area contributed by atoms with E-state index < -0.39 is 0 Å². The second-order valence-corrected chi connectivity index (χ2v) is 7.53. The van der Waals surface area contributed by atoms with Crippen LogP contribution in [0.4, 0.5) is 5.69 Å². The smallest absolute Gasteiger partial charge is 0.217 e. The highest BCUT2D eigenvalue weighted by atomic mass is 35.5. The minimum absolute atomic E-state index is 0. The lowest BCUT2D eigenvalue weighted by molar-refractivity contribution is 0.385. The van der Waals surface area contributed by atoms with Crippen molar-refractivity contribution in [1.82, 2.24) is 15.6 Å². The Bertz CT molecular complexity index is 741. The summed E-state index contributed by atoms with van der Waals surface area (Å²) in [6, 6.07) is 13.7. The lowest BCUT2D eigenvalue weighted by atomic mass is 10.0. The highest BCUT2D eigenvalue weighted by Gasteiger charge is 2.27. The highest BCUT2D eigenvalue weighted by molar-refractivity contribution is 5.85. The summed E-state index contributed by atoms with van der Waals surface area (Å²) in [5, 5.41) is 7.38. The molecule has 1 aromatic heterocycles. The number of anilines is 1. The van der Waals surface area contributed by atoms with E-state index >= 15 is 0 Å². The van der Waals surface area contributed by atoms with E-state index in [0.29, 0.717) is 12.1 Å². The number of piperidine rings is 1. The van der Waals surface area contributed by atoms with E-state index in [4.69, 9.17) is 4.74 Å². The molecule has 0 saturated carbocycles. The van der Waals surface area contributed by atoms with Crippen molar-refractivity contribution in [1.29, 1.82) is 0 Å². The number of ether oxygens (including phenoxy) is 1. The quantitative estimate of drug-likeness (QED) is 0.710. The summed E-state index contributed by atoms with van der Waals surface area (Å²) in [6.07, 6.45) is 6.96. The third kappa shape index (κ3) is 5.76. The number of hydrogen-bond donors (Lipinski definition) is 2. The summed E-state index contributed by atoms with van der Waals surface area (Å²) in [7, 11) is 1.70. The van der Waals surface area contributed by atoms with Crippen LogP contribution in [-0.2, 0) is 6.54 Å². The van der Waals surface area contributed by atoms with Gasteiger partial charge in [0.1, 0.15) is 0 Å². The number of nitrogens with one attached hydrogen (secondary N) is 2. The topological polar surface area (TPSA) is 49.4 Å². The van der Waals surface area contributed by atoms with Gasteiger partial charge in [-0.3, -0.25) is 0 Å². The maximum atomic E-state index is 5.53. The molecule has 0 spiro atoms. The van der Waals surface area contributed by atoms with Gasteiger partial charge in [-0.05, 0) is 43.9 Å². The molecule has 2 N–H and O–H groups in total. The zero-order valence-corrected chi connectivity index (χ0v) is 18.6. The van der Waals surface area contributed by atoms with E-state index in [1.54, 1.807) is 7.11 Å². The van der Waals surface area contributed by atoms with E-state index in [1.807, 2.05) is 6.20 Å². The maximum absolute atomic E-state index is 5.53. The second-order valence-electron chi connectivity index (χ2n) is 7.53. The summed E-state index contributed by atoms with van der Waals surface area (Å²) in [5.41, 5.74) is 3.70. The molecular formula is C22H32Cl2N4O. The maximum Gasteiger partial charge on any atom is 0.217 e. The summed E-state index contributed by atoms with van der Waals surface area (Å²) >= 11 is 0. The van der Waals surface area contributed by atoms with Crippen LogP contribution in [0.1, 0.15) is 42.9 Å². The number of benzene rings is 1. The van der Waals surface area contributed by atoms with Crippen molar-refractivity contribution in [3.63, 3.8) is 0 Å². The Morgan fingerprint density at radius 1 is 1.14 bits per heavy atom. The van der Waals surface area contributed by atoms with Gasteiger partial charge in [-0.25, -0.2) is 4.98 Å². The fourth-order valence-corrected chi connectivity index (χ4v) is 4.30. The van der Waals surface area contributed by atoms with Gasteiger partial charge < -0.3 is 20.3 Å². The molecule has 160 valence electrons. The van der Waals surface area contributed by atoms with Crippen LogP contribution in [0.5, 0.6) is 5.88 Å². The van der Waals surface area contributed by atoms with E-state index in [-0.39, 0.29) is 24.8 Å². The molecule has 2 atom stereocenters. The SMILES string of the molecule is COc1ncc(N2CCCCC2)cc1CN[C@@H]1CCN[C@@H]1c1ccccc1.Cl.Cl. The predicted molar refractivity (Wildman–Crippen MR) is 124 cm³/mol. The summed E-state index contributed by atoms with van der Waals surface area (Å²) < 4.78 is 5.53. The van der Waals surface area contributed by atoms with Crippen molar-refractivity contribution in [2.24, 2.45) is 0 Å². The van der Waals surface area contributed by atoms with Gasteiger partial charge in [0.15, 0.2) is 0 Å². The van der Waals surface area contributed by atoms with Gasteiger partial charge in [-0.1, -0.05) is 30.3 Å². The monoisotopic (exact) mass is 438 g/mol. The molecule has 2 aliphatic heterocycles. The number of pyridine rings is 1. The van der Waals surface area contributed by atoms with Crippen LogP contribution in [-0.4, -0.2) is 37.8 Å². The molecule has 0 bridgehead atoms. The Morgan fingerprint density at radius 2 is 1.90 bits per heavy atom. The average Bonchev–Trinajstić information content (AvgIpc) is 3.22. The first-order valence-electron chi connectivity index (χ1n) is 10.1. The molecule has 0 amide bonds. The number of aromatic nitrogens is 1. The van der Waals surface area contributed by atoms with Crippen LogP contribution in [0.3, 0.4) is 0 Å². The summed E-state index contributed by atoms with van der Waals surface area (Å²) in [4.78, 5) is 7.02. The Balaban J connectivity index is 0.00000150. The third-order valence-corrected chi connectivity index (χ3v) is 5.76. The second kappa shape index (κ2) is 11.6. The van der Waals surface area contributed by atoms with Crippen molar-refractivity contribution < 1.29 is 4.74 Å². The number of methoxy groups -OCH3 is 1. The minimum atomic E-state index is 0. The molecule has 7 heteroatoms. The molecule has 0 aliphatic carbocycles. The normalized spacial score (nSPS) is 21.2. The molecular weight excluding hydrogens is 407 g/mol. The van der Waals surface area contributed by atoms with Crippen LogP contribution in [0, 0.1) is 0 Å². The minimum Gasteiger partial charge on any atom is -0.481 e. The van der Waals surface area contributed by atoms with Gasteiger partial charge in [0.25, 0.3) is 0 Å². The molecule has 1 aromatic carbocycles. The van der Waals surface area contributed by atoms with E-state index in [2.05, 4.69) is 56.9 Å². The van der Waals surface area contributed by atoms with E-state index in [0.717, 1.165) is 44.0 Å². The molecule has 2 aromatic rings. The van der Waals surface area contributed by atoms with E-state index in [9.17, 15) is 0 Å². The first kappa shape index (κ1) is 23.7. The molecule has 29 heavy (non-hydrogen) atoms. The molecule has 4 rings (SSSR count). The van der Waals surface area contributed by atoms with Crippen LogP contribution in [0.2, 0.25) is 0 Å². The Labute approximate surface area is 186 Å². The first-order valence-corrected chi connectivity index (χ1v) is 10.1. The molecule has 5 nitrogen and oxygen atoms in total. The van der Waals surface area contributed by atoms with Crippen LogP contribution < -0.4 is 20.3 Å². The highest BCUT2D eigenvalue weighted by Crippen LogP contribution is 2.27. The van der Waals surface area contributed by atoms with Gasteiger partial charge in [0.2, 0.25) is 5.88 Å². The summed E-state index contributed by atoms with van der Waals surface area (Å²) in [5.74, 6) is 0.727. The molecule has 0 unspecified atom stereocenters. The molecule has 2 fully saturated rings. The third-order valence-electron chi connectivity index (χ3n) is 5.76. The number of rotatable bonds is 6. The molecule has 2 aliphatic rings. The number of nitrogens with zero attached hydrogens (tertiary/aromatic N) is 2. The number of hydrogen-bond acceptors (Lipinski definition) is 5.